The minimum absolute atomic E-state index is 0.205. The summed E-state index contributed by atoms with van der Waals surface area (Å²) in [6.07, 6.45) is 3.22. The third-order valence-electron chi connectivity index (χ3n) is 1.94. The second kappa shape index (κ2) is 5.27. The molecule has 0 saturated carbocycles. The molecule has 0 spiro atoms. The standard InChI is InChI=1S/C11H10ClN5/c12-9-3-1-8(2-4-9)7-15-17-10-5-6-14-11(13)16-10/h1-7H,(H3,13,14,16,17). The Bertz CT molecular complexity index is 524. The highest BCUT2D eigenvalue weighted by Crippen LogP contribution is 2.08. The van der Waals surface area contributed by atoms with Crippen molar-refractivity contribution in [2.75, 3.05) is 11.2 Å². The number of aromatic nitrogens is 2. The van der Waals surface area contributed by atoms with E-state index in [0.29, 0.717) is 10.8 Å². The van der Waals surface area contributed by atoms with Crippen molar-refractivity contribution in [3.05, 3.63) is 47.1 Å². The lowest BCUT2D eigenvalue weighted by Crippen LogP contribution is -1.98. The van der Waals surface area contributed by atoms with E-state index in [0.717, 1.165) is 5.56 Å². The molecule has 17 heavy (non-hydrogen) atoms. The zero-order valence-corrected chi connectivity index (χ0v) is 9.59. The van der Waals surface area contributed by atoms with Gasteiger partial charge in [0.1, 0.15) is 0 Å². The number of hydrogen-bond acceptors (Lipinski definition) is 5. The number of nitrogen functional groups attached to an aromatic ring is 1. The Labute approximate surface area is 103 Å². The summed E-state index contributed by atoms with van der Waals surface area (Å²) in [6.45, 7) is 0. The topological polar surface area (TPSA) is 76.2 Å². The summed E-state index contributed by atoms with van der Waals surface area (Å²) < 4.78 is 0. The van der Waals surface area contributed by atoms with Crippen LogP contribution in [0.15, 0.2) is 41.6 Å². The van der Waals surface area contributed by atoms with E-state index >= 15 is 0 Å². The maximum absolute atomic E-state index is 5.77. The monoisotopic (exact) mass is 247 g/mol. The van der Waals surface area contributed by atoms with Gasteiger partial charge in [-0.3, -0.25) is 5.43 Å². The van der Waals surface area contributed by atoms with Crippen molar-refractivity contribution in [1.82, 2.24) is 9.97 Å². The van der Waals surface area contributed by atoms with Crippen molar-refractivity contribution >= 4 is 29.6 Å². The van der Waals surface area contributed by atoms with E-state index in [-0.39, 0.29) is 5.95 Å². The van der Waals surface area contributed by atoms with Gasteiger partial charge in [0, 0.05) is 17.3 Å². The van der Waals surface area contributed by atoms with E-state index in [2.05, 4.69) is 20.5 Å². The first kappa shape index (κ1) is 11.3. The lowest BCUT2D eigenvalue weighted by atomic mass is 10.2. The second-order valence-corrected chi connectivity index (χ2v) is 3.66. The van der Waals surface area contributed by atoms with Crippen LogP contribution in [0.3, 0.4) is 0 Å². The van der Waals surface area contributed by atoms with Crippen LogP contribution < -0.4 is 11.2 Å². The van der Waals surface area contributed by atoms with Gasteiger partial charge in [0.05, 0.1) is 6.21 Å². The highest BCUT2D eigenvalue weighted by atomic mass is 35.5. The van der Waals surface area contributed by atoms with Crippen LogP contribution in [0.1, 0.15) is 5.56 Å². The van der Waals surface area contributed by atoms with Crippen LogP contribution in [0.5, 0.6) is 0 Å². The quantitative estimate of drug-likeness (QED) is 0.644. The Morgan fingerprint density at radius 2 is 2.00 bits per heavy atom. The number of hydrazone groups is 1. The molecule has 6 heteroatoms. The first-order valence-electron chi connectivity index (χ1n) is 4.87. The van der Waals surface area contributed by atoms with Crippen molar-refractivity contribution in [2.45, 2.75) is 0 Å². The van der Waals surface area contributed by atoms with E-state index in [4.69, 9.17) is 17.3 Å². The summed E-state index contributed by atoms with van der Waals surface area (Å²) >= 11 is 5.77. The van der Waals surface area contributed by atoms with Gasteiger partial charge in [-0.25, -0.2) is 4.98 Å². The van der Waals surface area contributed by atoms with Crippen LogP contribution in [0.2, 0.25) is 5.02 Å². The number of hydrogen-bond donors (Lipinski definition) is 2. The van der Waals surface area contributed by atoms with Crippen LogP contribution in [0.25, 0.3) is 0 Å². The smallest absolute Gasteiger partial charge is 0.221 e. The number of nitrogens with one attached hydrogen (secondary N) is 1. The molecule has 86 valence electrons. The average Bonchev–Trinajstić information content (AvgIpc) is 2.32. The van der Waals surface area contributed by atoms with E-state index in [9.17, 15) is 0 Å². The van der Waals surface area contributed by atoms with E-state index in [1.54, 1.807) is 30.6 Å². The van der Waals surface area contributed by atoms with Crippen molar-refractivity contribution in [3.8, 4) is 0 Å². The zero-order valence-electron chi connectivity index (χ0n) is 8.84. The van der Waals surface area contributed by atoms with Gasteiger partial charge in [0.15, 0.2) is 5.82 Å². The van der Waals surface area contributed by atoms with Crippen molar-refractivity contribution in [2.24, 2.45) is 5.10 Å². The van der Waals surface area contributed by atoms with Gasteiger partial charge in [-0.05, 0) is 17.7 Å². The molecular formula is C11H10ClN5. The summed E-state index contributed by atoms with van der Waals surface area (Å²) in [5, 5.41) is 4.71. The van der Waals surface area contributed by atoms with Gasteiger partial charge in [0.2, 0.25) is 5.95 Å². The van der Waals surface area contributed by atoms with E-state index in [1.165, 1.54) is 0 Å². The molecule has 0 amide bonds. The molecule has 0 bridgehead atoms. The minimum atomic E-state index is 0.205. The fraction of sp³-hybridized carbons (Fsp3) is 0. The van der Waals surface area contributed by atoms with Crippen LogP contribution >= 0.6 is 11.6 Å². The van der Waals surface area contributed by atoms with Crippen LogP contribution in [-0.4, -0.2) is 16.2 Å². The molecule has 2 aromatic rings. The maximum Gasteiger partial charge on any atom is 0.221 e. The molecule has 2 rings (SSSR count). The van der Waals surface area contributed by atoms with Gasteiger partial charge >= 0.3 is 0 Å². The third-order valence-corrected chi connectivity index (χ3v) is 2.19. The second-order valence-electron chi connectivity index (χ2n) is 3.22. The molecule has 0 aliphatic carbocycles. The Kier molecular flexibility index (Phi) is 3.52. The number of nitrogens with two attached hydrogens (primary N) is 1. The lowest BCUT2D eigenvalue weighted by molar-refractivity contribution is 1.15. The predicted octanol–water partition coefficient (Wildman–Crippen LogP) is 2.16. The van der Waals surface area contributed by atoms with Crippen molar-refractivity contribution < 1.29 is 0 Å². The Hall–Kier alpha value is -2.14. The highest BCUT2D eigenvalue weighted by Gasteiger charge is 1.92. The van der Waals surface area contributed by atoms with Gasteiger partial charge in [-0.15, -0.1) is 0 Å². The van der Waals surface area contributed by atoms with Gasteiger partial charge in [-0.2, -0.15) is 10.1 Å². The molecule has 1 heterocycles. The van der Waals surface area contributed by atoms with Crippen LogP contribution in [0, 0.1) is 0 Å². The summed E-state index contributed by atoms with van der Waals surface area (Å²) in [6, 6.07) is 9.00. The SMILES string of the molecule is Nc1nccc(NN=Cc2ccc(Cl)cc2)n1. The summed E-state index contributed by atoms with van der Waals surface area (Å²) in [4.78, 5) is 7.72. The summed E-state index contributed by atoms with van der Waals surface area (Å²) in [5.74, 6) is 0.749. The summed E-state index contributed by atoms with van der Waals surface area (Å²) in [5.41, 5.74) is 9.12. The molecule has 0 saturated heterocycles. The molecule has 0 fully saturated rings. The van der Waals surface area contributed by atoms with Crippen LogP contribution in [0.4, 0.5) is 11.8 Å². The largest absolute Gasteiger partial charge is 0.368 e. The van der Waals surface area contributed by atoms with Gasteiger partial charge in [0.25, 0.3) is 0 Å². The fourth-order valence-corrected chi connectivity index (χ4v) is 1.28. The first-order valence-corrected chi connectivity index (χ1v) is 5.25. The molecular weight excluding hydrogens is 238 g/mol. The normalized spacial score (nSPS) is 10.6. The molecule has 0 unspecified atom stereocenters. The molecule has 1 aromatic carbocycles. The molecule has 1 aromatic heterocycles. The fourth-order valence-electron chi connectivity index (χ4n) is 1.16. The average molecular weight is 248 g/mol. The zero-order chi connectivity index (χ0) is 12.1. The minimum Gasteiger partial charge on any atom is -0.368 e. The molecule has 0 atom stereocenters. The number of halogens is 1. The van der Waals surface area contributed by atoms with Crippen molar-refractivity contribution in [3.63, 3.8) is 0 Å². The molecule has 5 nitrogen and oxygen atoms in total. The number of rotatable bonds is 3. The van der Waals surface area contributed by atoms with Gasteiger partial charge in [-0.1, -0.05) is 23.7 Å². The summed E-state index contributed by atoms with van der Waals surface area (Å²) in [7, 11) is 0. The Morgan fingerprint density at radius 1 is 1.24 bits per heavy atom. The maximum atomic E-state index is 5.77. The third kappa shape index (κ3) is 3.42. The molecule has 3 N–H and O–H groups in total. The Morgan fingerprint density at radius 3 is 2.71 bits per heavy atom. The number of anilines is 2. The molecule has 0 aliphatic heterocycles. The Balaban J connectivity index is 2.00. The lowest BCUT2D eigenvalue weighted by Gasteiger charge is -1.99. The van der Waals surface area contributed by atoms with E-state index < -0.39 is 0 Å². The number of nitrogens with zero attached hydrogens (tertiary/aromatic N) is 3. The van der Waals surface area contributed by atoms with Gasteiger partial charge < -0.3 is 5.73 Å². The van der Waals surface area contributed by atoms with Crippen molar-refractivity contribution in [1.29, 1.82) is 0 Å². The predicted molar refractivity (Wildman–Crippen MR) is 69.1 cm³/mol. The highest BCUT2D eigenvalue weighted by molar-refractivity contribution is 6.30. The first-order chi connectivity index (χ1) is 8.24. The number of benzene rings is 1. The molecule has 0 radical (unpaired) electrons. The van der Waals surface area contributed by atoms with Crippen LogP contribution in [-0.2, 0) is 0 Å². The molecule has 0 aliphatic rings. The van der Waals surface area contributed by atoms with E-state index in [1.807, 2.05) is 12.1 Å².